The molecule has 40 heavy (non-hydrogen) atoms. The van der Waals surface area contributed by atoms with Crippen molar-refractivity contribution in [1.82, 2.24) is 16.1 Å². The fraction of sp³-hybridized carbons (Fsp3) is 0.607. The molecule has 8 N–H and O–H groups in total. The number of guanidine groups is 1. The second kappa shape index (κ2) is 16.4. The Morgan fingerprint density at radius 2 is 1.90 bits per heavy atom. The smallest absolute Gasteiger partial charge is 0.247 e. The van der Waals surface area contributed by atoms with Crippen molar-refractivity contribution in [3.8, 4) is 5.75 Å². The maximum absolute atomic E-state index is 13.7. The van der Waals surface area contributed by atoms with E-state index in [1.807, 2.05) is 26.0 Å². The van der Waals surface area contributed by atoms with Gasteiger partial charge in [0.2, 0.25) is 17.7 Å². The largest absolute Gasteiger partial charge is 0.494 e. The van der Waals surface area contributed by atoms with Gasteiger partial charge >= 0.3 is 0 Å². The number of nitrogens with one attached hydrogen (secondary N) is 3. The molecule has 2 aliphatic rings. The normalized spacial score (nSPS) is 20.4. The van der Waals surface area contributed by atoms with E-state index in [9.17, 15) is 24.4 Å². The molecular weight excluding hydrogens is 516 g/mol. The highest BCUT2D eigenvalue weighted by Crippen LogP contribution is 2.27. The van der Waals surface area contributed by atoms with E-state index in [0.29, 0.717) is 51.0 Å². The van der Waals surface area contributed by atoms with Crippen LogP contribution in [0.15, 0.2) is 29.3 Å². The molecular formula is C28H44N6O6. The number of nitrogens with two attached hydrogens (primary N) is 2. The van der Waals surface area contributed by atoms with Gasteiger partial charge in [-0.3, -0.25) is 29.4 Å². The number of rotatable bonds is 11. The lowest BCUT2D eigenvalue weighted by Crippen LogP contribution is -2.49. The Kier molecular flexibility index (Phi) is 13.4. The van der Waals surface area contributed by atoms with Crippen molar-refractivity contribution in [2.24, 2.45) is 40.1 Å². The van der Waals surface area contributed by atoms with Crippen molar-refractivity contribution in [3.05, 3.63) is 29.8 Å². The number of aliphatic imine (C=N–C) groups is 1. The molecule has 0 saturated carbocycles. The van der Waals surface area contributed by atoms with Crippen molar-refractivity contribution in [1.29, 1.82) is 0 Å². The molecule has 4 atom stereocenters. The molecule has 0 radical (unpaired) electrons. The highest BCUT2D eigenvalue weighted by Gasteiger charge is 2.36. The van der Waals surface area contributed by atoms with Gasteiger partial charge in [0.15, 0.2) is 11.7 Å². The molecule has 0 fully saturated rings. The van der Waals surface area contributed by atoms with Gasteiger partial charge in [-0.15, -0.1) is 0 Å². The number of carbonyl (C=O) groups is 4. The molecule has 3 amide bonds. The van der Waals surface area contributed by atoms with E-state index in [4.69, 9.17) is 16.2 Å². The lowest BCUT2D eigenvalue weighted by atomic mass is 9.81. The Balaban J connectivity index is 2.37. The average molecular weight is 561 g/mol. The molecule has 1 aromatic carbocycles. The third kappa shape index (κ3) is 10.5. The lowest BCUT2D eigenvalue weighted by molar-refractivity contribution is -0.142. The van der Waals surface area contributed by atoms with Crippen LogP contribution < -0.4 is 32.3 Å². The van der Waals surface area contributed by atoms with E-state index in [0.717, 1.165) is 5.56 Å². The molecule has 0 aliphatic carbocycles. The van der Waals surface area contributed by atoms with Gasteiger partial charge in [0.05, 0.1) is 18.6 Å². The van der Waals surface area contributed by atoms with Crippen molar-refractivity contribution in [3.63, 3.8) is 0 Å². The monoisotopic (exact) mass is 560 g/mol. The third-order valence-corrected chi connectivity index (χ3v) is 7.06. The maximum atomic E-state index is 13.7. The summed E-state index contributed by atoms with van der Waals surface area (Å²) >= 11 is 0. The molecule has 0 spiro atoms. The summed E-state index contributed by atoms with van der Waals surface area (Å²) in [5.74, 6) is -3.24. The van der Waals surface area contributed by atoms with Crippen LogP contribution in [-0.2, 0) is 25.6 Å². The Morgan fingerprint density at radius 1 is 1.20 bits per heavy atom. The number of ketones is 1. The molecule has 222 valence electrons. The molecule has 12 nitrogen and oxygen atoms in total. The SMILES string of the molecule is CNC(=O)[C@H](CCCN=C(N)N)CC(=O)[C@@H]1Cc2ccc(cc2)OCCC[C@H](C(=O)NO)[C@@H](CC(C)C)C(=O)N1. The summed E-state index contributed by atoms with van der Waals surface area (Å²) in [6, 6.07) is 6.33. The van der Waals surface area contributed by atoms with Gasteiger partial charge in [0.25, 0.3) is 0 Å². The number of amides is 3. The summed E-state index contributed by atoms with van der Waals surface area (Å²) in [6.45, 7) is 4.55. The van der Waals surface area contributed by atoms with Crippen molar-refractivity contribution >= 4 is 29.5 Å². The van der Waals surface area contributed by atoms with Crippen molar-refractivity contribution in [2.45, 2.75) is 64.8 Å². The number of carbonyl (C=O) groups excluding carboxylic acids is 4. The zero-order chi connectivity index (χ0) is 29.7. The minimum atomic E-state index is -0.931. The van der Waals surface area contributed by atoms with Gasteiger partial charge in [-0.05, 0) is 62.1 Å². The summed E-state index contributed by atoms with van der Waals surface area (Å²) in [4.78, 5) is 56.6. The van der Waals surface area contributed by atoms with Crippen LogP contribution in [0.25, 0.3) is 0 Å². The molecule has 3 rings (SSSR count). The first-order valence-corrected chi connectivity index (χ1v) is 13.8. The molecule has 2 bridgehead atoms. The van der Waals surface area contributed by atoms with Gasteiger partial charge in [0.1, 0.15) is 5.75 Å². The summed E-state index contributed by atoms with van der Waals surface area (Å²) in [7, 11) is 1.51. The van der Waals surface area contributed by atoms with Crippen LogP contribution in [0.5, 0.6) is 5.75 Å². The molecule has 2 aliphatic heterocycles. The van der Waals surface area contributed by atoms with Crippen LogP contribution in [-0.4, -0.2) is 60.9 Å². The van der Waals surface area contributed by atoms with E-state index >= 15 is 0 Å². The summed E-state index contributed by atoms with van der Waals surface area (Å²) in [5, 5.41) is 14.9. The Morgan fingerprint density at radius 3 is 2.50 bits per heavy atom. The number of hydroxylamine groups is 1. The molecule has 0 saturated heterocycles. The Labute approximate surface area is 235 Å². The van der Waals surface area contributed by atoms with E-state index in [1.165, 1.54) is 7.05 Å². The van der Waals surface area contributed by atoms with Gasteiger partial charge < -0.3 is 26.8 Å². The predicted octanol–water partition coefficient (Wildman–Crippen LogP) is 1.05. The maximum Gasteiger partial charge on any atom is 0.247 e. The average Bonchev–Trinajstić information content (AvgIpc) is 2.92. The van der Waals surface area contributed by atoms with Crippen LogP contribution in [0.1, 0.15) is 57.9 Å². The summed E-state index contributed by atoms with van der Waals surface area (Å²) in [6.07, 6.45) is 2.15. The van der Waals surface area contributed by atoms with E-state index in [1.54, 1.807) is 17.6 Å². The van der Waals surface area contributed by atoms with Gasteiger partial charge in [-0.1, -0.05) is 26.0 Å². The highest BCUT2D eigenvalue weighted by molar-refractivity contribution is 5.94. The van der Waals surface area contributed by atoms with E-state index in [2.05, 4.69) is 15.6 Å². The predicted molar refractivity (Wildman–Crippen MR) is 150 cm³/mol. The van der Waals surface area contributed by atoms with Crippen LogP contribution in [0.2, 0.25) is 0 Å². The molecule has 0 unspecified atom stereocenters. The number of hydrogen-bond acceptors (Lipinski definition) is 7. The first kappa shape index (κ1) is 32.5. The van der Waals surface area contributed by atoms with Crippen LogP contribution in [0.4, 0.5) is 0 Å². The fourth-order valence-electron chi connectivity index (χ4n) is 5.00. The quantitative estimate of drug-likeness (QED) is 0.0758. The first-order chi connectivity index (χ1) is 19.0. The van der Waals surface area contributed by atoms with Crippen LogP contribution in [0, 0.1) is 23.7 Å². The fourth-order valence-corrected chi connectivity index (χ4v) is 5.00. The zero-order valence-electron chi connectivity index (χ0n) is 23.7. The number of nitrogens with zero attached hydrogens (tertiary/aromatic N) is 1. The molecule has 1 aromatic rings. The van der Waals surface area contributed by atoms with Gasteiger partial charge in [-0.25, -0.2) is 5.48 Å². The summed E-state index contributed by atoms with van der Waals surface area (Å²) < 4.78 is 5.80. The number of hydrogen-bond donors (Lipinski definition) is 6. The first-order valence-electron chi connectivity index (χ1n) is 13.8. The number of ether oxygens (including phenoxy) is 1. The molecule has 12 heteroatoms. The Hall–Kier alpha value is -3.67. The second-order valence-electron chi connectivity index (χ2n) is 10.6. The minimum Gasteiger partial charge on any atom is -0.494 e. The van der Waals surface area contributed by atoms with E-state index < -0.39 is 35.6 Å². The van der Waals surface area contributed by atoms with Crippen molar-refractivity contribution < 1.29 is 29.1 Å². The topological polar surface area (TPSA) is 198 Å². The number of Topliss-reactive ketones (excluding diaryl/α,β-unsaturated/α-hetero) is 1. The number of benzene rings is 1. The molecule has 0 aromatic heterocycles. The zero-order valence-corrected chi connectivity index (χ0v) is 23.7. The van der Waals surface area contributed by atoms with E-state index in [-0.39, 0.29) is 36.4 Å². The lowest BCUT2D eigenvalue weighted by Gasteiger charge is -2.29. The number of fused-ring (bicyclic) bond motifs is 11. The highest BCUT2D eigenvalue weighted by atomic mass is 16.5. The third-order valence-electron chi connectivity index (χ3n) is 7.06. The summed E-state index contributed by atoms with van der Waals surface area (Å²) in [5.41, 5.74) is 13.3. The Bertz CT molecular complexity index is 1020. The van der Waals surface area contributed by atoms with Crippen LogP contribution >= 0.6 is 0 Å². The standard InChI is InChI=1S/C28H44N6O6/c1-17(2)14-22-21(27(38)34-39)7-5-13-40-20-10-8-18(9-11-20)15-23(33-26(22)37)24(35)16-19(25(36)31-3)6-4-12-32-28(29)30/h8-11,17,19,21-23,39H,4-7,12-16H2,1-3H3,(H,31,36)(H,33,37)(H,34,38)(H4,29,30,32)/t19-,21+,22-,23+/m1/s1. The van der Waals surface area contributed by atoms with Gasteiger partial charge in [0, 0.05) is 31.8 Å². The molecule has 2 heterocycles. The minimum absolute atomic E-state index is 0.0458. The second-order valence-corrected chi connectivity index (χ2v) is 10.6. The van der Waals surface area contributed by atoms with Crippen LogP contribution in [0.3, 0.4) is 0 Å². The van der Waals surface area contributed by atoms with Gasteiger partial charge in [-0.2, -0.15) is 0 Å². The van der Waals surface area contributed by atoms with Crippen molar-refractivity contribution in [2.75, 3.05) is 20.2 Å².